The van der Waals surface area contributed by atoms with Gasteiger partial charge in [-0.05, 0) is 33.6 Å². The summed E-state index contributed by atoms with van der Waals surface area (Å²) in [6, 6.07) is -0.360. The van der Waals surface area contributed by atoms with Crippen LogP contribution < -0.4 is 0 Å². The van der Waals surface area contributed by atoms with Crippen LogP contribution in [0.15, 0.2) is 5.16 Å². The van der Waals surface area contributed by atoms with Crippen molar-refractivity contribution in [2.45, 2.75) is 45.3 Å². The van der Waals surface area contributed by atoms with Crippen molar-refractivity contribution in [3.8, 4) is 0 Å². The predicted molar refractivity (Wildman–Crippen MR) is 61.0 cm³/mol. The van der Waals surface area contributed by atoms with E-state index in [4.69, 9.17) is 21.5 Å². The normalized spacial score (nSPS) is 22.4. The van der Waals surface area contributed by atoms with Crippen molar-refractivity contribution in [1.82, 2.24) is 4.90 Å². The number of carbonyl (C=O) groups excluding carboxylic acids is 1. The van der Waals surface area contributed by atoms with Gasteiger partial charge >= 0.3 is 6.09 Å². The first-order valence-electron chi connectivity index (χ1n) is 5.22. The first-order chi connectivity index (χ1) is 7.35. The highest BCUT2D eigenvalue weighted by molar-refractivity contribution is 6.66. The largest absolute Gasteiger partial charge is 0.444 e. The van der Waals surface area contributed by atoms with Gasteiger partial charge in [0.15, 0.2) is 5.17 Å². The third kappa shape index (κ3) is 3.27. The highest BCUT2D eigenvalue weighted by Gasteiger charge is 2.34. The van der Waals surface area contributed by atoms with E-state index in [0.717, 1.165) is 6.42 Å². The van der Waals surface area contributed by atoms with Gasteiger partial charge in [0.1, 0.15) is 5.60 Å². The van der Waals surface area contributed by atoms with Gasteiger partial charge in [0.25, 0.3) is 0 Å². The number of rotatable bonds is 1. The van der Waals surface area contributed by atoms with E-state index in [-0.39, 0.29) is 11.2 Å². The summed E-state index contributed by atoms with van der Waals surface area (Å²) in [4.78, 5) is 13.3. The number of likely N-dealkylation sites (tertiary alicyclic amines) is 1. The molecule has 0 spiro atoms. The molecule has 6 heteroatoms. The fourth-order valence-corrected chi connectivity index (χ4v) is 1.85. The van der Waals surface area contributed by atoms with Crippen LogP contribution in [0.1, 0.15) is 33.6 Å². The van der Waals surface area contributed by atoms with Crippen molar-refractivity contribution in [2.24, 2.45) is 5.16 Å². The Morgan fingerprint density at radius 3 is 2.69 bits per heavy atom. The number of amides is 1. The smallest absolute Gasteiger partial charge is 0.410 e. The summed E-state index contributed by atoms with van der Waals surface area (Å²) >= 11 is 5.73. The van der Waals surface area contributed by atoms with E-state index < -0.39 is 11.7 Å². The molecular weight excluding hydrogens is 232 g/mol. The lowest BCUT2D eigenvalue weighted by Crippen LogP contribution is -2.42. The van der Waals surface area contributed by atoms with E-state index in [1.807, 2.05) is 0 Å². The Balaban J connectivity index is 2.69. The topological polar surface area (TPSA) is 62.1 Å². The zero-order valence-electron chi connectivity index (χ0n) is 9.73. The molecular formula is C10H17ClN2O3. The first-order valence-corrected chi connectivity index (χ1v) is 5.60. The van der Waals surface area contributed by atoms with Gasteiger partial charge in [-0.1, -0.05) is 16.8 Å². The van der Waals surface area contributed by atoms with Crippen molar-refractivity contribution >= 4 is 22.9 Å². The maximum Gasteiger partial charge on any atom is 0.410 e. The van der Waals surface area contributed by atoms with Crippen LogP contribution >= 0.6 is 11.6 Å². The highest BCUT2D eigenvalue weighted by atomic mass is 35.5. The summed E-state index contributed by atoms with van der Waals surface area (Å²) in [5.74, 6) is 0. The average Bonchev–Trinajstić information content (AvgIpc) is 2.62. The number of hydrogen-bond donors (Lipinski definition) is 1. The molecule has 0 saturated carbocycles. The van der Waals surface area contributed by atoms with Crippen LogP contribution in [-0.2, 0) is 4.74 Å². The molecule has 16 heavy (non-hydrogen) atoms. The minimum Gasteiger partial charge on any atom is -0.444 e. The maximum atomic E-state index is 11.8. The number of ether oxygens (including phenoxy) is 1. The van der Waals surface area contributed by atoms with Gasteiger partial charge in [-0.3, -0.25) is 4.90 Å². The van der Waals surface area contributed by atoms with Gasteiger partial charge in [-0.15, -0.1) is 0 Å². The van der Waals surface area contributed by atoms with Gasteiger partial charge in [-0.2, -0.15) is 0 Å². The fraction of sp³-hybridized carbons (Fsp3) is 0.800. The van der Waals surface area contributed by atoms with Crippen LogP contribution in [-0.4, -0.2) is 39.6 Å². The van der Waals surface area contributed by atoms with Crippen LogP contribution in [0.25, 0.3) is 0 Å². The van der Waals surface area contributed by atoms with E-state index in [2.05, 4.69) is 5.16 Å². The number of oxime groups is 1. The lowest BCUT2D eigenvalue weighted by atomic mass is 10.2. The molecule has 1 rings (SSSR count). The number of carbonyl (C=O) groups is 1. The molecule has 5 nitrogen and oxygen atoms in total. The molecule has 0 aliphatic carbocycles. The standard InChI is InChI=1S/C10H17ClN2O3/c1-10(2,3)16-9(14)13-6-4-5-7(13)8(11)12-15/h7,15H,4-6H2,1-3H3/b12-8+. The van der Waals surface area contributed by atoms with E-state index in [1.165, 1.54) is 4.90 Å². The molecule has 0 aromatic rings. The lowest BCUT2D eigenvalue weighted by molar-refractivity contribution is 0.0266. The second-order valence-corrected chi connectivity index (χ2v) is 5.14. The minimum atomic E-state index is -0.535. The molecule has 1 aliphatic rings. The minimum absolute atomic E-state index is 0.0309. The predicted octanol–water partition coefficient (Wildman–Crippen LogP) is 2.41. The average molecular weight is 249 g/mol. The second-order valence-electron chi connectivity index (χ2n) is 4.75. The van der Waals surface area contributed by atoms with E-state index in [9.17, 15) is 4.79 Å². The summed E-state index contributed by atoms with van der Waals surface area (Å²) in [5, 5.41) is 11.6. The third-order valence-electron chi connectivity index (χ3n) is 2.25. The summed E-state index contributed by atoms with van der Waals surface area (Å²) in [6.07, 6.45) is 1.11. The van der Waals surface area contributed by atoms with Crippen molar-refractivity contribution in [1.29, 1.82) is 0 Å². The monoisotopic (exact) mass is 248 g/mol. The van der Waals surface area contributed by atoms with Crippen LogP contribution in [0.3, 0.4) is 0 Å². The quantitative estimate of drug-likeness (QED) is 0.440. The fourth-order valence-electron chi connectivity index (χ4n) is 1.62. The molecule has 92 valence electrons. The molecule has 0 aromatic heterocycles. The van der Waals surface area contributed by atoms with Gasteiger partial charge in [0, 0.05) is 6.54 Å². The van der Waals surface area contributed by atoms with E-state index >= 15 is 0 Å². The van der Waals surface area contributed by atoms with Gasteiger partial charge in [0.05, 0.1) is 6.04 Å². The SMILES string of the molecule is CC(C)(C)OC(=O)N1CCCC1/C(Cl)=N\O. The molecule has 1 amide bonds. The summed E-state index contributed by atoms with van der Waals surface area (Å²) in [7, 11) is 0. The Hall–Kier alpha value is -0.970. The van der Waals surface area contributed by atoms with Gasteiger partial charge in [0.2, 0.25) is 0 Å². The molecule has 1 fully saturated rings. The second kappa shape index (κ2) is 4.91. The summed E-state index contributed by atoms with van der Waals surface area (Å²) in [6.45, 7) is 5.98. The molecule has 1 atom stereocenters. The third-order valence-corrected chi connectivity index (χ3v) is 2.58. The summed E-state index contributed by atoms with van der Waals surface area (Å²) < 4.78 is 5.24. The molecule has 1 saturated heterocycles. The Morgan fingerprint density at radius 1 is 1.56 bits per heavy atom. The van der Waals surface area contributed by atoms with Crippen molar-refractivity contribution in [3.05, 3.63) is 0 Å². The Bertz CT molecular complexity index is 299. The molecule has 1 heterocycles. The Morgan fingerprint density at radius 2 is 2.19 bits per heavy atom. The maximum absolute atomic E-state index is 11.8. The zero-order chi connectivity index (χ0) is 12.3. The molecule has 1 unspecified atom stereocenters. The Kier molecular flexibility index (Phi) is 4.02. The number of nitrogens with zero attached hydrogens (tertiary/aromatic N) is 2. The van der Waals surface area contributed by atoms with Crippen LogP contribution in [0.4, 0.5) is 4.79 Å². The van der Waals surface area contributed by atoms with Crippen LogP contribution in [0, 0.1) is 0 Å². The number of hydrogen-bond acceptors (Lipinski definition) is 4. The molecule has 0 bridgehead atoms. The van der Waals surface area contributed by atoms with Gasteiger partial charge in [-0.25, -0.2) is 4.79 Å². The van der Waals surface area contributed by atoms with Crippen LogP contribution in [0.2, 0.25) is 0 Å². The van der Waals surface area contributed by atoms with Crippen molar-refractivity contribution in [3.63, 3.8) is 0 Å². The summed E-state index contributed by atoms with van der Waals surface area (Å²) in [5.41, 5.74) is -0.535. The van der Waals surface area contributed by atoms with E-state index in [0.29, 0.717) is 13.0 Å². The molecule has 0 aromatic carbocycles. The van der Waals surface area contributed by atoms with Crippen molar-refractivity contribution in [2.75, 3.05) is 6.54 Å². The Labute approximate surface area is 100.0 Å². The molecule has 1 aliphatic heterocycles. The highest BCUT2D eigenvalue weighted by Crippen LogP contribution is 2.22. The zero-order valence-corrected chi connectivity index (χ0v) is 10.5. The van der Waals surface area contributed by atoms with Crippen LogP contribution in [0.5, 0.6) is 0 Å². The first kappa shape index (κ1) is 13.1. The number of halogens is 1. The van der Waals surface area contributed by atoms with Gasteiger partial charge < -0.3 is 9.94 Å². The van der Waals surface area contributed by atoms with E-state index in [1.54, 1.807) is 20.8 Å². The lowest BCUT2D eigenvalue weighted by Gasteiger charge is -2.27. The molecule has 1 N–H and O–H groups in total. The van der Waals surface area contributed by atoms with Crippen molar-refractivity contribution < 1.29 is 14.7 Å². The molecule has 0 radical (unpaired) electrons.